The predicted octanol–water partition coefficient (Wildman–Crippen LogP) is 1.46. The van der Waals surface area contributed by atoms with E-state index < -0.39 is 7.32 Å². The molecule has 1 aromatic rings. The van der Waals surface area contributed by atoms with Crippen LogP contribution in [0.4, 0.5) is 0 Å². The normalized spacial score (nSPS) is 11.1. The van der Waals surface area contributed by atoms with Crippen LogP contribution >= 0.6 is 0 Å². The highest BCUT2D eigenvalue weighted by Crippen LogP contribution is 2.22. The smallest absolute Gasteiger partial charge is 0.512 e. The second kappa shape index (κ2) is 5.23. The zero-order valence-corrected chi connectivity index (χ0v) is 9.80. The van der Waals surface area contributed by atoms with Gasteiger partial charge in [-0.05, 0) is 17.5 Å². The summed E-state index contributed by atoms with van der Waals surface area (Å²) in [4.78, 5) is 0. The number of rotatable bonds is 4. The van der Waals surface area contributed by atoms with Crippen LogP contribution in [-0.4, -0.2) is 24.0 Å². The fourth-order valence-electron chi connectivity index (χ4n) is 1.06. The van der Waals surface area contributed by atoms with E-state index in [2.05, 4.69) is 20.8 Å². The van der Waals surface area contributed by atoms with Crippen LogP contribution in [0.2, 0.25) is 0 Å². The Labute approximate surface area is 96.0 Å². The maximum absolute atomic E-state index is 8.65. The molecular formula is C11H17BO4. The van der Waals surface area contributed by atoms with E-state index in [4.69, 9.17) is 19.4 Å². The van der Waals surface area contributed by atoms with Crippen LogP contribution in [0.15, 0.2) is 24.3 Å². The van der Waals surface area contributed by atoms with Crippen molar-refractivity contribution in [2.75, 3.05) is 6.61 Å². The minimum Gasteiger partial charge on any atom is -0.512 e. The molecule has 16 heavy (non-hydrogen) atoms. The highest BCUT2D eigenvalue weighted by atomic mass is 16.6. The summed E-state index contributed by atoms with van der Waals surface area (Å²) in [6.45, 7) is 6.80. The Morgan fingerprint density at radius 1 is 1.19 bits per heavy atom. The second-order valence-corrected chi connectivity index (χ2v) is 4.77. The monoisotopic (exact) mass is 224 g/mol. The van der Waals surface area contributed by atoms with E-state index in [0.29, 0.717) is 18.1 Å². The van der Waals surface area contributed by atoms with Crippen molar-refractivity contribution < 1.29 is 19.4 Å². The fourth-order valence-corrected chi connectivity index (χ4v) is 1.06. The minimum absolute atomic E-state index is 0.0767. The van der Waals surface area contributed by atoms with E-state index in [1.54, 1.807) is 24.3 Å². The van der Waals surface area contributed by atoms with E-state index in [1.807, 2.05) is 0 Å². The van der Waals surface area contributed by atoms with Crippen LogP contribution in [0.25, 0.3) is 0 Å². The average Bonchev–Trinajstić information content (AvgIpc) is 2.13. The van der Waals surface area contributed by atoms with Crippen molar-refractivity contribution >= 4 is 7.32 Å². The summed E-state index contributed by atoms with van der Waals surface area (Å²) in [7, 11) is -1.81. The van der Waals surface area contributed by atoms with Crippen LogP contribution in [0, 0.1) is 5.41 Å². The summed E-state index contributed by atoms with van der Waals surface area (Å²) in [5.41, 5.74) is 0.0767. The molecule has 0 aliphatic carbocycles. The molecule has 5 heteroatoms. The number of hydrogen-bond donors (Lipinski definition) is 2. The molecule has 4 nitrogen and oxygen atoms in total. The van der Waals surface area contributed by atoms with Crippen LogP contribution in [-0.2, 0) is 0 Å². The summed E-state index contributed by atoms with van der Waals surface area (Å²) in [5.74, 6) is 1.01. The molecule has 0 amide bonds. The van der Waals surface area contributed by atoms with Gasteiger partial charge in [0.1, 0.15) is 11.5 Å². The lowest BCUT2D eigenvalue weighted by molar-refractivity contribution is 0.197. The van der Waals surface area contributed by atoms with Crippen molar-refractivity contribution in [1.82, 2.24) is 0 Å². The first-order chi connectivity index (χ1) is 7.37. The highest BCUT2D eigenvalue weighted by molar-refractivity contribution is 6.33. The lowest BCUT2D eigenvalue weighted by Crippen LogP contribution is -2.20. The largest absolute Gasteiger partial charge is 0.707 e. The Kier molecular flexibility index (Phi) is 4.21. The summed E-state index contributed by atoms with van der Waals surface area (Å²) in [6.07, 6.45) is 0. The quantitative estimate of drug-likeness (QED) is 0.760. The first-order valence-electron chi connectivity index (χ1n) is 5.12. The van der Waals surface area contributed by atoms with Crippen molar-refractivity contribution in [3.63, 3.8) is 0 Å². The SMILES string of the molecule is CC(C)(C)COc1cccc(OB(O)O)c1. The zero-order valence-electron chi connectivity index (χ0n) is 9.80. The fraction of sp³-hybridized carbons (Fsp3) is 0.455. The Morgan fingerprint density at radius 3 is 2.38 bits per heavy atom. The van der Waals surface area contributed by atoms with Gasteiger partial charge < -0.3 is 19.4 Å². The molecule has 0 aromatic heterocycles. The lowest BCUT2D eigenvalue weighted by atomic mass is 9.99. The molecule has 0 unspecified atom stereocenters. The standard InChI is InChI=1S/C11H17BO4/c1-11(2,3)8-15-9-5-4-6-10(7-9)16-12(13)14/h4-7,13-14H,8H2,1-3H3. The number of ether oxygens (including phenoxy) is 1. The second-order valence-electron chi connectivity index (χ2n) is 4.77. The molecule has 1 aromatic carbocycles. The van der Waals surface area contributed by atoms with Gasteiger partial charge in [-0.2, -0.15) is 0 Å². The topological polar surface area (TPSA) is 58.9 Å². The summed E-state index contributed by atoms with van der Waals surface area (Å²) >= 11 is 0. The first kappa shape index (κ1) is 12.9. The van der Waals surface area contributed by atoms with Crippen molar-refractivity contribution in [1.29, 1.82) is 0 Å². The van der Waals surface area contributed by atoms with E-state index in [0.717, 1.165) is 0 Å². The third-order valence-electron chi connectivity index (χ3n) is 1.72. The van der Waals surface area contributed by atoms with Crippen LogP contribution in [0.3, 0.4) is 0 Å². The van der Waals surface area contributed by atoms with Gasteiger partial charge in [-0.1, -0.05) is 26.8 Å². The molecule has 0 saturated carbocycles. The molecule has 88 valence electrons. The third-order valence-corrected chi connectivity index (χ3v) is 1.72. The zero-order chi connectivity index (χ0) is 12.2. The van der Waals surface area contributed by atoms with Gasteiger partial charge in [0.05, 0.1) is 6.61 Å². The van der Waals surface area contributed by atoms with E-state index in [9.17, 15) is 0 Å². The Morgan fingerprint density at radius 2 is 1.81 bits per heavy atom. The summed E-state index contributed by atoms with van der Waals surface area (Å²) in [6, 6.07) is 6.77. The van der Waals surface area contributed by atoms with Gasteiger partial charge in [0.25, 0.3) is 0 Å². The maximum atomic E-state index is 8.65. The molecular weight excluding hydrogens is 207 g/mol. The molecule has 0 spiro atoms. The van der Waals surface area contributed by atoms with Gasteiger partial charge in [0.2, 0.25) is 0 Å². The van der Waals surface area contributed by atoms with E-state index in [-0.39, 0.29) is 5.41 Å². The molecule has 0 aliphatic rings. The first-order valence-corrected chi connectivity index (χ1v) is 5.12. The molecule has 2 N–H and O–H groups in total. The predicted molar refractivity (Wildman–Crippen MR) is 62.2 cm³/mol. The van der Waals surface area contributed by atoms with Gasteiger partial charge >= 0.3 is 7.32 Å². The molecule has 1 rings (SSSR count). The molecule has 0 radical (unpaired) electrons. The molecule has 0 bridgehead atoms. The van der Waals surface area contributed by atoms with E-state index >= 15 is 0 Å². The lowest BCUT2D eigenvalue weighted by Gasteiger charge is -2.19. The van der Waals surface area contributed by atoms with Crippen molar-refractivity contribution in [3.05, 3.63) is 24.3 Å². The molecule has 0 aliphatic heterocycles. The van der Waals surface area contributed by atoms with Gasteiger partial charge in [-0.25, -0.2) is 0 Å². The third kappa shape index (κ3) is 5.05. The van der Waals surface area contributed by atoms with Crippen molar-refractivity contribution in [2.24, 2.45) is 5.41 Å². The Bertz CT molecular complexity index is 333. The van der Waals surface area contributed by atoms with Gasteiger partial charge in [-0.15, -0.1) is 0 Å². The molecule has 0 fully saturated rings. The van der Waals surface area contributed by atoms with Crippen LogP contribution < -0.4 is 9.39 Å². The minimum atomic E-state index is -1.81. The number of benzene rings is 1. The van der Waals surface area contributed by atoms with Gasteiger partial charge in [0.15, 0.2) is 0 Å². The molecule has 0 heterocycles. The van der Waals surface area contributed by atoms with Gasteiger partial charge in [-0.3, -0.25) is 0 Å². The molecule has 0 saturated heterocycles. The van der Waals surface area contributed by atoms with Crippen LogP contribution in [0.5, 0.6) is 11.5 Å². The van der Waals surface area contributed by atoms with Crippen LogP contribution in [0.1, 0.15) is 20.8 Å². The van der Waals surface area contributed by atoms with Crippen molar-refractivity contribution in [3.8, 4) is 11.5 Å². The maximum Gasteiger partial charge on any atom is 0.707 e. The van der Waals surface area contributed by atoms with Crippen molar-refractivity contribution in [2.45, 2.75) is 20.8 Å². The highest BCUT2D eigenvalue weighted by Gasteiger charge is 2.13. The Balaban J connectivity index is 2.60. The summed E-state index contributed by atoms with van der Waals surface area (Å²) in [5, 5.41) is 17.3. The van der Waals surface area contributed by atoms with E-state index in [1.165, 1.54) is 0 Å². The Hall–Kier alpha value is -1.20. The average molecular weight is 224 g/mol. The summed E-state index contributed by atoms with van der Waals surface area (Å²) < 4.78 is 10.3. The molecule has 0 atom stereocenters. The van der Waals surface area contributed by atoms with Gasteiger partial charge in [0, 0.05) is 6.07 Å². The number of hydrogen-bond acceptors (Lipinski definition) is 4.